The van der Waals surface area contributed by atoms with Crippen molar-refractivity contribution >= 4 is 11.9 Å². The number of pyridine rings is 1. The number of tetrazole rings is 1. The van der Waals surface area contributed by atoms with Gasteiger partial charge in [-0.25, -0.2) is 9.78 Å². The van der Waals surface area contributed by atoms with E-state index < -0.39 is 6.10 Å². The monoisotopic (exact) mass is 463 g/mol. The van der Waals surface area contributed by atoms with E-state index in [1.54, 1.807) is 24.3 Å². The molecule has 11 nitrogen and oxygen atoms in total. The number of carbonyl (C=O) groups is 2. The van der Waals surface area contributed by atoms with Crippen LogP contribution >= 0.6 is 0 Å². The standard InChI is InChI=1S/C23H25N7O4/c1-14-16(5-6-17-18(14)12-34-23(17)33)20(31)11-29-8-7-15(10-29)9-24-22(32)19-3-2-4-21(26-19)30-13-25-27-28-30/h2-6,13,15,20,31H,7-12H2,1H3,(H,24,32)/t15?,20-/m0/s1. The molecule has 0 saturated carbocycles. The minimum atomic E-state index is -0.660. The second-order valence-electron chi connectivity index (χ2n) is 8.66. The lowest BCUT2D eigenvalue weighted by Crippen LogP contribution is -2.32. The molecule has 3 aromatic rings. The van der Waals surface area contributed by atoms with E-state index in [2.05, 4.69) is 30.7 Å². The first-order chi connectivity index (χ1) is 16.5. The molecule has 0 bridgehead atoms. The topological polar surface area (TPSA) is 135 Å². The summed E-state index contributed by atoms with van der Waals surface area (Å²) >= 11 is 0. The van der Waals surface area contributed by atoms with Crippen molar-refractivity contribution in [3.8, 4) is 5.82 Å². The van der Waals surface area contributed by atoms with Gasteiger partial charge in [-0.3, -0.25) is 4.79 Å². The molecule has 2 atom stereocenters. The number of hydrogen-bond acceptors (Lipinski definition) is 9. The molecule has 0 spiro atoms. The molecule has 1 saturated heterocycles. The maximum Gasteiger partial charge on any atom is 0.338 e. The maximum absolute atomic E-state index is 12.6. The van der Waals surface area contributed by atoms with Gasteiger partial charge in [0.05, 0.1) is 11.7 Å². The van der Waals surface area contributed by atoms with Gasteiger partial charge in [0.2, 0.25) is 0 Å². The van der Waals surface area contributed by atoms with Crippen LogP contribution < -0.4 is 5.32 Å². The van der Waals surface area contributed by atoms with Crippen molar-refractivity contribution in [2.45, 2.75) is 26.1 Å². The van der Waals surface area contributed by atoms with Crippen molar-refractivity contribution < 1.29 is 19.4 Å². The van der Waals surface area contributed by atoms with Crippen LogP contribution in [0, 0.1) is 12.8 Å². The molecule has 2 aliphatic heterocycles. The van der Waals surface area contributed by atoms with Crippen LogP contribution in [0.25, 0.3) is 5.82 Å². The van der Waals surface area contributed by atoms with Gasteiger partial charge in [0, 0.05) is 25.2 Å². The third-order valence-corrected chi connectivity index (χ3v) is 6.47. The quantitative estimate of drug-likeness (QED) is 0.488. The van der Waals surface area contributed by atoms with Crippen LogP contribution in [0.3, 0.4) is 0 Å². The number of amides is 1. The van der Waals surface area contributed by atoms with E-state index in [0.717, 1.165) is 36.2 Å². The molecule has 5 rings (SSSR count). The highest BCUT2D eigenvalue weighted by molar-refractivity contribution is 5.94. The van der Waals surface area contributed by atoms with Gasteiger partial charge < -0.3 is 20.1 Å². The number of likely N-dealkylation sites (tertiary alicyclic amines) is 1. The van der Waals surface area contributed by atoms with Crippen LogP contribution in [0.5, 0.6) is 0 Å². The van der Waals surface area contributed by atoms with Crippen LogP contribution in [0.4, 0.5) is 0 Å². The van der Waals surface area contributed by atoms with Crippen LogP contribution in [-0.4, -0.2) is 73.3 Å². The normalized spacial score (nSPS) is 18.5. The first-order valence-corrected chi connectivity index (χ1v) is 11.2. The Morgan fingerprint density at radius 1 is 1.32 bits per heavy atom. The summed E-state index contributed by atoms with van der Waals surface area (Å²) in [7, 11) is 0. The average Bonchev–Trinajstić information content (AvgIpc) is 3.60. The molecule has 4 heterocycles. The molecule has 1 aromatic carbocycles. The Balaban J connectivity index is 1.14. The number of hydrogen-bond donors (Lipinski definition) is 2. The number of aromatic nitrogens is 5. The van der Waals surface area contributed by atoms with Crippen LogP contribution in [-0.2, 0) is 11.3 Å². The smallest absolute Gasteiger partial charge is 0.338 e. The largest absolute Gasteiger partial charge is 0.457 e. The van der Waals surface area contributed by atoms with Gasteiger partial charge in [-0.1, -0.05) is 12.1 Å². The van der Waals surface area contributed by atoms with Gasteiger partial charge in [-0.05, 0) is 65.6 Å². The van der Waals surface area contributed by atoms with E-state index in [9.17, 15) is 14.7 Å². The van der Waals surface area contributed by atoms with Gasteiger partial charge in [-0.2, -0.15) is 4.68 Å². The van der Waals surface area contributed by atoms with Gasteiger partial charge >= 0.3 is 5.97 Å². The number of aliphatic hydroxyl groups is 1. The zero-order valence-corrected chi connectivity index (χ0v) is 18.7. The maximum atomic E-state index is 12.6. The number of ether oxygens (including phenoxy) is 1. The minimum Gasteiger partial charge on any atom is -0.457 e. The molecular formula is C23H25N7O4. The zero-order chi connectivity index (χ0) is 23.7. The molecule has 2 N–H and O–H groups in total. The Morgan fingerprint density at radius 3 is 3.03 bits per heavy atom. The Morgan fingerprint density at radius 2 is 2.21 bits per heavy atom. The summed E-state index contributed by atoms with van der Waals surface area (Å²) in [6.07, 6.45) is 1.69. The average molecular weight is 463 g/mol. The number of fused-ring (bicyclic) bond motifs is 1. The first-order valence-electron chi connectivity index (χ1n) is 11.2. The number of nitrogens with zero attached hydrogens (tertiary/aromatic N) is 6. The summed E-state index contributed by atoms with van der Waals surface area (Å²) in [4.78, 5) is 30.9. The molecule has 2 aliphatic rings. The number of benzene rings is 1. The second kappa shape index (κ2) is 9.27. The predicted octanol–water partition coefficient (Wildman–Crippen LogP) is 0.821. The first kappa shape index (κ1) is 22.1. The van der Waals surface area contributed by atoms with Gasteiger partial charge in [-0.15, -0.1) is 5.10 Å². The number of β-amino-alcohol motifs (C(OH)–C–C–N with tert-alkyl or cyclic N) is 1. The van der Waals surface area contributed by atoms with Crippen molar-refractivity contribution in [2.24, 2.45) is 5.92 Å². The van der Waals surface area contributed by atoms with Crippen molar-refractivity contribution in [1.29, 1.82) is 0 Å². The van der Waals surface area contributed by atoms with E-state index in [0.29, 0.717) is 30.2 Å². The highest BCUT2D eigenvalue weighted by Gasteiger charge is 2.28. The van der Waals surface area contributed by atoms with E-state index in [1.165, 1.54) is 11.0 Å². The molecule has 0 aliphatic carbocycles. The SMILES string of the molecule is Cc1c([C@@H](O)CN2CCC(CNC(=O)c3cccc(-n4cnnn4)n3)C2)ccc2c1COC2=O. The van der Waals surface area contributed by atoms with Crippen LogP contribution in [0.15, 0.2) is 36.7 Å². The highest BCUT2D eigenvalue weighted by Crippen LogP contribution is 2.30. The molecule has 2 aromatic heterocycles. The molecule has 1 fully saturated rings. The van der Waals surface area contributed by atoms with E-state index in [4.69, 9.17) is 4.74 Å². The third kappa shape index (κ3) is 4.39. The summed E-state index contributed by atoms with van der Waals surface area (Å²) in [5, 5.41) is 24.8. The Hall–Kier alpha value is -3.70. The fourth-order valence-corrected chi connectivity index (χ4v) is 4.59. The number of rotatable bonds is 7. The number of nitrogens with one attached hydrogen (secondary N) is 1. The summed E-state index contributed by atoms with van der Waals surface area (Å²) in [6, 6.07) is 8.66. The van der Waals surface area contributed by atoms with E-state index >= 15 is 0 Å². The van der Waals surface area contributed by atoms with Crippen molar-refractivity contribution in [2.75, 3.05) is 26.2 Å². The van der Waals surface area contributed by atoms with Crippen molar-refractivity contribution in [3.05, 3.63) is 64.6 Å². The van der Waals surface area contributed by atoms with Gasteiger partial charge in [0.15, 0.2) is 5.82 Å². The summed E-state index contributed by atoms with van der Waals surface area (Å²) in [5.74, 6) is 0.197. The fraction of sp³-hybridized carbons (Fsp3) is 0.391. The van der Waals surface area contributed by atoms with Crippen molar-refractivity contribution in [3.63, 3.8) is 0 Å². The molecule has 176 valence electrons. The minimum absolute atomic E-state index is 0.251. The van der Waals surface area contributed by atoms with Gasteiger partial charge in [0.1, 0.15) is 18.6 Å². The Kier molecular flexibility index (Phi) is 6.03. The predicted molar refractivity (Wildman–Crippen MR) is 119 cm³/mol. The molecule has 0 radical (unpaired) electrons. The molecule has 1 unspecified atom stereocenters. The van der Waals surface area contributed by atoms with E-state index in [1.807, 2.05) is 13.0 Å². The number of cyclic esters (lactones) is 1. The number of esters is 1. The molecule has 34 heavy (non-hydrogen) atoms. The number of carbonyl (C=O) groups excluding carboxylic acids is 2. The lowest BCUT2D eigenvalue weighted by Gasteiger charge is -2.22. The lowest BCUT2D eigenvalue weighted by molar-refractivity contribution is 0.0534. The second-order valence-corrected chi connectivity index (χ2v) is 8.66. The number of aliphatic hydroxyl groups excluding tert-OH is 1. The highest BCUT2D eigenvalue weighted by atomic mass is 16.5. The fourth-order valence-electron chi connectivity index (χ4n) is 4.59. The molecule has 1 amide bonds. The van der Waals surface area contributed by atoms with Gasteiger partial charge in [0.25, 0.3) is 5.91 Å². The van der Waals surface area contributed by atoms with Crippen LogP contribution in [0.1, 0.15) is 50.1 Å². The zero-order valence-electron chi connectivity index (χ0n) is 18.7. The van der Waals surface area contributed by atoms with Crippen molar-refractivity contribution in [1.82, 2.24) is 35.4 Å². The third-order valence-electron chi connectivity index (χ3n) is 6.47. The summed E-state index contributed by atoms with van der Waals surface area (Å²) in [5.41, 5.74) is 3.48. The molecular weight excluding hydrogens is 438 g/mol. The Labute approximate surface area is 195 Å². The lowest BCUT2D eigenvalue weighted by atomic mass is 9.95. The van der Waals surface area contributed by atoms with E-state index in [-0.39, 0.29) is 24.4 Å². The summed E-state index contributed by atoms with van der Waals surface area (Å²) in [6.45, 7) is 4.83. The molecule has 11 heteroatoms. The van der Waals surface area contributed by atoms with Crippen LogP contribution in [0.2, 0.25) is 0 Å². The Bertz CT molecular complexity index is 1210. The summed E-state index contributed by atoms with van der Waals surface area (Å²) < 4.78 is 6.50.